The van der Waals surface area contributed by atoms with Gasteiger partial charge in [-0.3, -0.25) is 4.99 Å². The first kappa shape index (κ1) is 23.8. The highest BCUT2D eigenvalue weighted by atomic mass is 127. The lowest BCUT2D eigenvalue weighted by atomic mass is 10.2. The normalized spacial score (nSPS) is 11.2. The van der Waals surface area contributed by atoms with E-state index in [9.17, 15) is 8.78 Å². The van der Waals surface area contributed by atoms with Crippen LogP contribution in [0.1, 0.15) is 20.3 Å². The van der Waals surface area contributed by atoms with Gasteiger partial charge in [0.15, 0.2) is 17.5 Å². The summed E-state index contributed by atoms with van der Waals surface area (Å²) in [6.07, 6.45) is 0.880. The SMILES string of the molecule is CN=C(NCCCOCC(C)C)NCCOc1ccc(F)cc1F.I. The molecular formula is C17H28F2IN3O2. The quantitative estimate of drug-likeness (QED) is 0.238. The van der Waals surface area contributed by atoms with Crippen LogP contribution in [0.15, 0.2) is 23.2 Å². The van der Waals surface area contributed by atoms with Gasteiger partial charge >= 0.3 is 0 Å². The molecule has 5 nitrogen and oxygen atoms in total. The van der Waals surface area contributed by atoms with Crippen molar-refractivity contribution in [2.24, 2.45) is 10.9 Å². The molecule has 1 aromatic carbocycles. The van der Waals surface area contributed by atoms with E-state index in [-0.39, 0.29) is 36.3 Å². The lowest BCUT2D eigenvalue weighted by molar-refractivity contribution is 0.108. The van der Waals surface area contributed by atoms with Crippen molar-refractivity contribution in [1.29, 1.82) is 0 Å². The van der Waals surface area contributed by atoms with Gasteiger partial charge in [0.05, 0.1) is 6.54 Å². The summed E-state index contributed by atoms with van der Waals surface area (Å²) < 4.78 is 36.9. The molecule has 0 fully saturated rings. The number of benzene rings is 1. The van der Waals surface area contributed by atoms with E-state index in [1.165, 1.54) is 6.07 Å². The van der Waals surface area contributed by atoms with E-state index in [4.69, 9.17) is 9.47 Å². The highest BCUT2D eigenvalue weighted by molar-refractivity contribution is 14.0. The predicted octanol–water partition coefficient (Wildman–Crippen LogP) is 3.19. The smallest absolute Gasteiger partial charge is 0.191 e. The Labute approximate surface area is 165 Å². The minimum absolute atomic E-state index is 0. The Bertz CT molecular complexity index is 517. The van der Waals surface area contributed by atoms with Gasteiger partial charge in [0, 0.05) is 32.9 Å². The zero-order valence-electron chi connectivity index (χ0n) is 15.0. The number of ether oxygens (including phenoxy) is 2. The number of rotatable bonds is 10. The average molecular weight is 471 g/mol. The van der Waals surface area contributed by atoms with Crippen LogP contribution in [0.4, 0.5) is 8.78 Å². The molecule has 0 aliphatic heterocycles. The summed E-state index contributed by atoms with van der Waals surface area (Å²) in [5, 5.41) is 6.21. The third-order valence-electron chi connectivity index (χ3n) is 2.98. The fraction of sp³-hybridized carbons (Fsp3) is 0.588. The molecule has 0 aliphatic rings. The maximum absolute atomic E-state index is 13.4. The Hall–Kier alpha value is -1.16. The van der Waals surface area contributed by atoms with Gasteiger partial charge in [0.2, 0.25) is 0 Å². The summed E-state index contributed by atoms with van der Waals surface area (Å²) in [5.41, 5.74) is 0. The van der Waals surface area contributed by atoms with E-state index in [1.54, 1.807) is 7.05 Å². The van der Waals surface area contributed by atoms with E-state index in [2.05, 4.69) is 29.5 Å². The lowest BCUT2D eigenvalue weighted by Gasteiger charge is -2.13. The molecule has 0 spiro atoms. The van der Waals surface area contributed by atoms with E-state index < -0.39 is 11.6 Å². The molecule has 2 N–H and O–H groups in total. The van der Waals surface area contributed by atoms with Crippen molar-refractivity contribution in [3.63, 3.8) is 0 Å². The monoisotopic (exact) mass is 471 g/mol. The van der Waals surface area contributed by atoms with Crippen molar-refractivity contribution in [1.82, 2.24) is 10.6 Å². The largest absolute Gasteiger partial charge is 0.489 e. The Morgan fingerprint density at radius 3 is 2.52 bits per heavy atom. The van der Waals surface area contributed by atoms with Gasteiger partial charge in [0.1, 0.15) is 12.4 Å². The Morgan fingerprint density at radius 1 is 1.16 bits per heavy atom. The second kappa shape index (κ2) is 14.1. The number of aliphatic imine (C=N–C) groups is 1. The van der Waals surface area contributed by atoms with Gasteiger partial charge in [-0.25, -0.2) is 8.78 Å². The van der Waals surface area contributed by atoms with Gasteiger partial charge in [-0.2, -0.15) is 0 Å². The first-order chi connectivity index (χ1) is 11.5. The molecule has 0 heterocycles. The molecule has 144 valence electrons. The van der Waals surface area contributed by atoms with Crippen LogP contribution >= 0.6 is 24.0 Å². The minimum atomic E-state index is -0.709. The Morgan fingerprint density at radius 2 is 1.88 bits per heavy atom. The van der Waals surface area contributed by atoms with Crippen LogP contribution in [0.2, 0.25) is 0 Å². The van der Waals surface area contributed by atoms with Crippen molar-refractivity contribution in [3.8, 4) is 5.75 Å². The van der Waals surface area contributed by atoms with Crippen LogP contribution in [0, 0.1) is 17.6 Å². The fourth-order valence-electron chi connectivity index (χ4n) is 1.84. The van der Waals surface area contributed by atoms with Gasteiger partial charge < -0.3 is 20.1 Å². The van der Waals surface area contributed by atoms with Crippen LogP contribution in [0.3, 0.4) is 0 Å². The van der Waals surface area contributed by atoms with Gasteiger partial charge in [-0.15, -0.1) is 24.0 Å². The third-order valence-corrected chi connectivity index (χ3v) is 2.98. The maximum atomic E-state index is 13.4. The number of nitrogens with zero attached hydrogens (tertiary/aromatic N) is 1. The molecule has 1 aromatic rings. The van der Waals surface area contributed by atoms with Gasteiger partial charge in [-0.05, 0) is 24.5 Å². The summed E-state index contributed by atoms with van der Waals surface area (Å²) in [6.45, 7) is 7.12. The second-order valence-electron chi connectivity index (χ2n) is 5.67. The molecule has 0 radical (unpaired) electrons. The Balaban J connectivity index is 0.00000576. The molecule has 8 heteroatoms. The minimum Gasteiger partial charge on any atom is -0.489 e. The van der Waals surface area contributed by atoms with Crippen LogP contribution in [0.25, 0.3) is 0 Å². The van der Waals surface area contributed by atoms with E-state index in [0.717, 1.165) is 31.7 Å². The second-order valence-corrected chi connectivity index (χ2v) is 5.67. The van der Waals surface area contributed by atoms with Crippen molar-refractivity contribution >= 4 is 29.9 Å². The topological polar surface area (TPSA) is 54.9 Å². The first-order valence-electron chi connectivity index (χ1n) is 8.13. The Kier molecular flexibility index (Phi) is 13.4. The van der Waals surface area contributed by atoms with E-state index in [0.29, 0.717) is 25.0 Å². The molecule has 0 amide bonds. The van der Waals surface area contributed by atoms with Crippen molar-refractivity contribution in [2.75, 3.05) is 40.0 Å². The molecule has 0 bridgehead atoms. The summed E-state index contributed by atoms with van der Waals surface area (Å²) in [4.78, 5) is 4.08. The van der Waals surface area contributed by atoms with Crippen LogP contribution in [0.5, 0.6) is 5.75 Å². The number of hydrogen-bond acceptors (Lipinski definition) is 3. The zero-order chi connectivity index (χ0) is 17.8. The molecule has 0 saturated heterocycles. The molecule has 0 saturated carbocycles. The van der Waals surface area contributed by atoms with Crippen molar-refractivity contribution in [2.45, 2.75) is 20.3 Å². The third kappa shape index (κ3) is 11.1. The van der Waals surface area contributed by atoms with Gasteiger partial charge in [0.25, 0.3) is 0 Å². The van der Waals surface area contributed by atoms with E-state index in [1.807, 2.05) is 0 Å². The lowest BCUT2D eigenvalue weighted by Crippen LogP contribution is -2.40. The zero-order valence-corrected chi connectivity index (χ0v) is 17.3. The summed E-state index contributed by atoms with van der Waals surface area (Å²) in [5.74, 6) is -0.123. The number of guanidine groups is 1. The van der Waals surface area contributed by atoms with Crippen LogP contribution in [-0.2, 0) is 4.74 Å². The average Bonchev–Trinajstić information content (AvgIpc) is 2.54. The molecule has 0 unspecified atom stereocenters. The highest BCUT2D eigenvalue weighted by Gasteiger charge is 2.04. The van der Waals surface area contributed by atoms with Crippen LogP contribution < -0.4 is 15.4 Å². The molecular weight excluding hydrogens is 443 g/mol. The number of hydrogen-bond donors (Lipinski definition) is 2. The fourth-order valence-corrected chi connectivity index (χ4v) is 1.84. The molecule has 0 aromatic heterocycles. The first-order valence-corrected chi connectivity index (χ1v) is 8.13. The van der Waals surface area contributed by atoms with Crippen LogP contribution in [-0.4, -0.2) is 45.9 Å². The van der Waals surface area contributed by atoms with Crippen molar-refractivity contribution in [3.05, 3.63) is 29.8 Å². The van der Waals surface area contributed by atoms with Crippen molar-refractivity contribution < 1.29 is 18.3 Å². The molecule has 0 atom stereocenters. The predicted molar refractivity (Wildman–Crippen MR) is 107 cm³/mol. The number of halogens is 3. The molecule has 0 aliphatic carbocycles. The number of nitrogens with one attached hydrogen (secondary N) is 2. The summed E-state index contributed by atoms with van der Waals surface area (Å²) >= 11 is 0. The molecule has 1 rings (SSSR count). The summed E-state index contributed by atoms with van der Waals surface area (Å²) in [7, 11) is 1.67. The van der Waals surface area contributed by atoms with Gasteiger partial charge in [-0.1, -0.05) is 13.8 Å². The standard InChI is InChI=1S/C17H27F2N3O2.HI/c1-13(2)12-23-9-4-7-21-17(20-3)22-8-10-24-16-6-5-14(18)11-15(16)19;/h5-6,11,13H,4,7-10,12H2,1-3H3,(H2,20,21,22);1H. The highest BCUT2D eigenvalue weighted by Crippen LogP contribution is 2.17. The summed E-state index contributed by atoms with van der Waals surface area (Å²) in [6, 6.07) is 3.23. The molecule has 25 heavy (non-hydrogen) atoms. The van der Waals surface area contributed by atoms with E-state index >= 15 is 0 Å². The maximum Gasteiger partial charge on any atom is 0.191 e.